The highest BCUT2D eigenvalue weighted by Crippen LogP contribution is 2.43. The lowest BCUT2D eigenvalue weighted by Gasteiger charge is -2.39. The normalized spacial score (nSPS) is 37.3. The molecule has 0 saturated carbocycles. The van der Waals surface area contributed by atoms with Gasteiger partial charge in [-0.2, -0.15) is 0 Å². The molecule has 2 amide bonds. The Labute approximate surface area is 202 Å². The Kier molecular flexibility index (Phi) is 9.09. The predicted molar refractivity (Wildman–Crippen MR) is 129 cm³/mol. The van der Waals surface area contributed by atoms with Crippen molar-refractivity contribution in [3.8, 4) is 0 Å². The van der Waals surface area contributed by atoms with Crippen molar-refractivity contribution in [3.63, 3.8) is 0 Å². The molecule has 3 aliphatic heterocycles. The van der Waals surface area contributed by atoms with Gasteiger partial charge in [-0.05, 0) is 39.5 Å². The van der Waals surface area contributed by atoms with Crippen LogP contribution in [0.3, 0.4) is 0 Å². The zero-order valence-corrected chi connectivity index (χ0v) is 20.7. The minimum absolute atomic E-state index is 0.0591. The third-order valence-electron chi connectivity index (χ3n) is 6.84. The summed E-state index contributed by atoms with van der Waals surface area (Å²) in [4.78, 5) is 23.4. The van der Waals surface area contributed by atoms with Crippen molar-refractivity contribution < 1.29 is 28.9 Å². The zero-order chi connectivity index (χ0) is 24.9. The molecule has 3 heterocycles. The number of carbonyl (C=O) groups excluding carboxylic acids is 2. The number of primary amides is 1. The third-order valence-corrected chi connectivity index (χ3v) is 6.84. The Hall–Kier alpha value is -2.00. The molecule has 8 heteroatoms. The Morgan fingerprint density at radius 2 is 1.97 bits per heavy atom. The van der Waals surface area contributed by atoms with Crippen LogP contribution >= 0.6 is 0 Å². The smallest absolute Gasteiger partial charge is 0.244 e. The zero-order valence-electron chi connectivity index (χ0n) is 20.7. The van der Waals surface area contributed by atoms with E-state index in [0.29, 0.717) is 5.92 Å². The Morgan fingerprint density at radius 3 is 2.62 bits per heavy atom. The molecule has 1 spiro atoms. The Morgan fingerprint density at radius 1 is 1.24 bits per heavy atom. The molecule has 8 nitrogen and oxygen atoms in total. The van der Waals surface area contributed by atoms with Crippen molar-refractivity contribution in [1.29, 1.82) is 0 Å². The number of aliphatic hydroxyl groups is 1. The lowest BCUT2D eigenvalue weighted by atomic mass is 9.88. The standard InChI is InChI=1S/C26H40N2O6/c1-16(5-8-20-13-26(15-32-26)14-21(34-20)12-24(27)30)6-9-23-17(2)11-22(19(4)33-23)28-25(31)10-7-18(3)29/h5-8,10,17-23,29H,9,11-15H2,1-4H3,(H2,27,30)(H,28,31)/b8-5+,10-7-,16-6+/t17-,18-,19+,20+,21+,22+,23-,26-/m0/s1. The number of ether oxygens (including phenoxy) is 3. The molecule has 3 saturated heterocycles. The number of allylic oxidation sites excluding steroid dienone is 2. The van der Waals surface area contributed by atoms with Crippen LogP contribution in [0.15, 0.2) is 36.0 Å². The molecular weight excluding hydrogens is 436 g/mol. The van der Waals surface area contributed by atoms with Gasteiger partial charge >= 0.3 is 0 Å². The van der Waals surface area contributed by atoms with Gasteiger partial charge in [0.25, 0.3) is 0 Å². The molecule has 8 atom stereocenters. The van der Waals surface area contributed by atoms with Crippen LogP contribution in [-0.2, 0) is 23.8 Å². The van der Waals surface area contributed by atoms with E-state index in [1.807, 2.05) is 13.0 Å². The third kappa shape index (κ3) is 8.05. The maximum absolute atomic E-state index is 12.1. The molecule has 4 N–H and O–H groups in total. The van der Waals surface area contributed by atoms with Crippen LogP contribution in [0.5, 0.6) is 0 Å². The maximum atomic E-state index is 12.1. The molecule has 0 aromatic carbocycles. The second kappa shape index (κ2) is 11.6. The lowest BCUT2D eigenvalue weighted by Crippen LogP contribution is -2.50. The Bertz CT molecular complexity index is 816. The van der Waals surface area contributed by atoms with Crippen molar-refractivity contribution in [1.82, 2.24) is 5.32 Å². The van der Waals surface area contributed by atoms with Crippen LogP contribution in [0.2, 0.25) is 0 Å². The number of hydrogen-bond donors (Lipinski definition) is 3. The van der Waals surface area contributed by atoms with Gasteiger partial charge in [-0.1, -0.05) is 36.8 Å². The quantitative estimate of drug-likeness (QED) is 0.267. The first-order valence-corrected chi connectivity index (χ1v) is 12.3. The fourth-order valence-electron chi connectivity index (χ4n) is 4.80. The number of rotatable bonds is 9. The first-order chi connectivity index (χ1) is 16.0. The molecule has 34 heavy (non-hydrogen) atoms. The van der Waals surface area contributed by atoms with Gasteiger partial charge in [0.05, 0.1) is 55.2 Å². The molecule has 0 aliphatic carbocycles. The molecule has 3 aliphatic rings. The van der Waals surface area contributed by atoms with Gasteiger partial charge in [0, 0.05) is 18.9 Å². The van der Waals surface area contributed by atoms with Gasteiger partial charge in [0.15, 0.2) is 0 Å². The Balaban J connectivity index is 1.49. The molecule has 0 aromatic rings. The van der Waals surface area contributed by atoms with E-state index in [0.717, 1.165) is 37.9 Å². The highest BCUT2D eigenvalue weighted by atomic mass is 16.6. The lowest BCUT2D eigenvalue weighted by molar-refractivity contribution is -0.125. The van der Waals surface area contributed by atoms with Crippen molar-refractivity contribution in [3.05, 3.63) is 36.0 Å². The molecule has 3 rings (SSSR count). The topological polar surface area (TPSA) is 123 Å². The second-order valence-electron chi connectivity index (χ2n) is 10.2. The average Bonchev–Trinajstić information content (AvgIpc) is 3.49. The number of hydrogen-bond acceptors (Lipinski definition) is 6. The van der Waals surface area contributed by atoms with E-state index in [2.05, 4.69) is 31.3 Å². The second-order valence-corrected chi connectivity index (χ2v) is 10.2. The molecule has 0 unspecified atom stereocenters. The van der Waals surface area contributed by atoms with Crippen molar-refractivity contribution in [2.24, 2.45) is 11.7 Å². The van der Waals surface area contributed by atoms with E-state index in [4.69, 9.17) is 19.9 Å². The molecule has 190 valence electrons. The van der Waals surface area contributed by atoms with Crippen molar-refractivity contribution in [2.45, 2.75) is 102 Å². The highest BCUT2D eigenvalue weighted by Gasteiger charge is 2.51. The summed E-state index contributed by atoms with van der Waals surface area (Å²) < 4.78 is 17.9. The summed E-state index contributed by atoms with van der Waals surface area (Å²) in [6.07, 6.45) is 11.5. The first kappa shape index (κ1) is 26.6. The summed E-state index contributed by atoms with van der Waals surface area (Å²) in [7, 11) is 0. The van der Waals surface area contributed by atoms with Crippen LogP contribution in [-0.4, -0.2) is 65.7 Å². The number of aliphatic hydroxyl groups excluding tert-OH is 1. The molecule has 0 radical (unpaired) electrons. The summed E-state index contributed by atoms with van der Waals surface area (Å²) in [6, 6.07) is -0.0591. The average molecular weight is 477 g/mol. The van der Waals surface area contributed by atoms with Gasteiger partial charge in [-0.3, -0.25) is 9.59 Å². The van der Waals surface area contributed by atoms with Gasteiger partial charge in [0.1, 0.15) is 0 Å². The fourth-order valence-corrected chi connectivity index (χ4v) is 4.80. The van der Waals surface area contributed by atoms with E-state index >= 15 is 0 Å². The van der Waals surface area contributed by atoms with Crippen molar-refractivity contribution >= 4 is 11.8 Å². The minimum Gasteiger partial charge on any atom is -0.389 e. The van der Waals surface area contributed by atoms with E-state index in [1.54, 1.807) is 6.92 Å². The van der Waals surface area contributed by atoms with E-state index in [-0.39, 0.29) is 54.3 Å². The predicted octanol–water partition coefficient (Wildman–Crippen LogP) is 2.31. The number of nitrogens with two attached hydrogens (primary N) is 1. The van der Waals surface area contributed by atoms with E-state index in [1.165, 1.54) is 12.2 Å². The van der Waals surface area contributed by atoms with Crippen molar-refractivity contribution in [2.75, 3.05) is 6.61 Å². The number of epoxide rings is 1. The first-order valence-electron chi connectivity index (χ1n) is 12.3. The van der Waals surface area contributed by atoms with Gasteiger partial charge in [0.2, 0.25) is 11.8 Å². The van der Waals surface area contributed by atoms with E-state index < -0.39 is 6.10 Å². The number of amides is 2. The van der Waals surface area contributed by atoms with Gasteiger partial charge in [-0.15, -0.1) is 0 Å². The number of nitrogens with one attached hydrogen (secondary N) is 1. The fraction of sp³-hybridized carbons (Fsp3) is 0.692. The molecule has 0 bridgehead atoms. The molecule has 0 aromatic heterocycles. The molecular formula is C26H40N2O6. The largest absolute Gasteiger partial charge is 0.389 e. The van der Waals surface area contributed by atoms with Crippen LogP contribution in [0.4, 0.5) is 0 Å². The van der Waals surface area contributed by atoms with Crippen LogP contribution in [0.25, 0.3) is 0 Å². The highest BCUT2D eigenvalue weighted by molar-refractivity contribution is 5.87. The van der Waals surface area contributed by atoms with Gasteiger partial charge < -0.3 is 30.4 Å². The molecule has 3 fully saturated rings. The van der Waals surface area contributed by atoms with Gasteiger partial charge in [-0.25, -0.2) is 0 Å². The van der Waals surface area contributed by atoms with Crippen LogP contribution in [0.1, 0.15) is 59.8 Å². The summed E-state index contributed by atoms with van der Waals surface area (Å²) in [5.41, 5.74) is 6.33. The maximum Gasteiger partial charge on any atom is 0.244 e. The SMILES string of the molecule is CC(/C=C/[C@@H]1C[C@@]2(CO2)C[C@@H](CC(N)=O)O1)=C\C[C@@H]1O[C@H](C)[C@H](NC(=O)/C=C\[C@H](C)O)C[C@@H]1C. The summed E-state index contributed by atoms with van der Waals surface area (Å²) in [5, 5.41) is 12.3. The monoisotopic (exact) mass is 476 g/mol. The van der Waals surface area contributed by atoms with E-state index in [9.17, 15) is 14.7 Å². The van der Waals surface area contributed by atoms with Crippen LogP contribution < -0.4 is 11.1 Å². The summed E-state index contributed by atoms with van der Waals surface area (Å²) in [6.45, 7) is 8.51. The minimum atomic E-state index is -0.650. The summed E-state index contributed by atoms with van der Waals surface area (Å²) in [5.74, 6) is -0.275. The number of carbonyl (C=O) groups is 2. The summed E-state index contributed by atoms with van der Waals surface area (Å²) >= 11 is 0. The van der Waals surface area contributed by atoms with Crippen LogP contribution in [0, 0.1) is 5.92 Å².